The third-order valence-corrected chi connectivity index (χ3v) is 4.63. The Hall–Kier alpha value is -2.75. The van der Waals surface area contributed by atoms with E-state index in [-0.39, 0.29) is 12.2 Å². The molecule has 0 unspecified atom stereocenters. The summed E-state index contributed by atoms with van der Waals surface area (Å²) in [5.74, 6) is -2.43. The first-order valence-electron chi connectivity index (χ1n) is 9.77. The van der Waals surface area contributed by atoms with Crippen molar-refractivity contribution in [2.45, 2.75) is 46.8 Å². The van der Waals surface area contributed by atoms with E-state index >= 15 is 0 Å². The quantitative estimate of drug-likeness (QED) is 0.497. The lowest BCUT2D eigenvalue weighted by Crippen LogP contribution is -2.56. The maximum atomic E-state index is 15.0. The van der Waals surface area contributed by atoms with Crippen molar-refractivity contribution in [3.05, 3.63) is 64.0 Å². The lowest BCUT2D eigenvalue weighted by molar-refractivity contribution is 0.0357. The van der Waals surface area contributed by atoms with Crippen molar-refractivity contribution in [2.75, 3.05) is 7.11 Å². The Morgan fingerprint density at radius 3 is 2.19 bits per heavy atom. The minimum atomic E-state index is -2.13. The molecule has 9 heteroatoms. The summed E-state index contributed by atoms with van der Waals surface area (Å²) in [7, 11) is -0.750. The fourth-order valence-corrected chi connectivity index (χ4v) is 3.28. The molecule has 31 heavy (non-hydrogen) atoms. The van der Waals surface area contributed by atoms with Crippen LogP contribution in [0.5, 0.6) is 0 Å². The Bertz CT molecular complexity index is 968. The number of hydrazine groups is 1. The summed E-state index contributed by atoms with van der Waals surface area (Å²) in [5, 5.41) is 20.3. The monoisotopic (exact) mass is 430 g/mol. The summed E-state index contributed by atoms with van der Waals surface area (Å²) in [6.45, 7) is 8.86. The summed E-state index contributed by atoms with van der Waals surface area (Å²) in [5.41, 5.74) is 3.15. The summed E-state index contributed by atoms with van der Waals surface area (Å²) < 4.78 is 19.9. The zero-order chi connectivity index (χ0) is 23.5. The number of aryl methyl sites for hydroxylation is 2. The van der Waals surface area contributed by atoms with Gasteiger partial charge in [0.25, 0.3) is 11.8 Å². The maximum absolute atomic E-state index is 15.0. The molecule has 0 saturated carbocycles. The third kappa shape index (κ3) is 5.69. The summed E-state index contributed by atoms with van der Waals surface area (Å²) in [6.07, 6.45) is 0. The highest BCUT2D eigenvalue weighted by atomic mass is 19.1. The van der Waals surface area contributed by atoms with Gasteiger partial charge in [0.05, 0.1) is 17.7 Å². The molecule has 0 bridgehead atoms. The van der Waals surface area contributed by atoms with Gasteiger partial charge in [-0.05, 0) is 58.4 Å². The molecule has 0 aliphatic heterocycles. The fraction of sp³-hybridized carbons (Fsp3) is 0.364. The van der Waals surface area contributed by atoms with Gasteiger partial charge in [-0.1, -0.05) is 23.3 Å². The van der Waals surface area contributed by atoms with Crippen LogP contribution >= 0.6 is 0 Å². The van der Waals surface area contributed by atoms with Crippen molar-refractivity contribution in [1.82, 2.24) is 10.4 Å². The standard InChI is InChI=1S/C22H28BFN2O5/c1-13-9-14(2)11-16(10-13)21(28)26(22(3,4)5)25-20(27)17-8-7-15(12-31-6)18(19(17)24)23(29)30/h7-11,29-30H,12H2,1-6H3,(H,25,27). The number of carbonyl (C=O) groups excluding carboxylic acids is 2. The fourth-order valence-electron chi connectivity index (χ4n) is 3.28. The van der Waals surface area contributed by atoms with E-state index in [4.69, 9.17) is 4.74 Å². The Labute approximate surface area is 182 Å². The number of ether oxygens (including phenoxy) is 1. The molecule has 2 aromatic rings. The highest BCUT2D eigenvalue weighted by molar-refractivity contribution is 6.59. The van der Waals surface area contributed by atoms with E-state index in [1.165, 1.54) is 19.2 Å². The SMILES string of the molecule is COCc1ccc(C(=O)NN(C(=O)c2cc(C)cc(C)c2)C(C)(C)C)c(F)c1B(O)O. The van der Waals surface area contributed by atoms with Crippen LogP contribution < -0.4 is 10.9 Å². The average Bonchev–Trinajstić information content (AvgIpc) is 2.63. The van der Waals surface area contributed by atoms with Crippen LogP contribution in [0.1, 0.15) is 58.2 Å². The Kier molecular flexibility index (Phi) is 7.59. The number of carbonyl (C=O) groups is 2. The maximum Gasteiger partial charge on any atom is 0.491 e. The van der Waals surface area contributed by atoms with Crippen molar-refractivity contribution in [2.24, 2.45) is 0 Å². The normalized spacial score (nSPS) is 11.3. The van der Waals surface area contributed by atoms with E-state index in [1.807, 2.05) is 19.9 Å². The Morgan fingerprint density at radius 1 is 1.13 bits per heavy atom. The van der Waals surface area contributed by atoms with Crippen molar-refractivity contribution in [3.63, 3.8) is 0 Å². The first-order chi connectivity index (χ1) is 14.4. The number of nitrogens with zero attached hydrogens (tertiary/aromatic N) is 1. The lowest BCUT2D eigenvalue weighted by atomic mass is 9.75. The van der Waals surface area contributed by atoms with Gasteiger partial charge in [-0.25, -0.2) is 9.40 Å². The number of hydrogen-bond donors (Lipinski definition) is 3. The van der Waals surface area contributed by atoms with E-state index in [0.29, 0.717) is 5.56 Å². The zero-order valence-corrected chi connectivity index (χ0v) is 18.6. The predicted molar refractivity (Wildman–Crippen MR) is 116 cm³/mol. The van der Waals surface area contributed by atoms with Crippen LogP contribution in [0.4, 0.5) is 4.39 Å². The Morgan fingerprint density at radius 2 is 1.71 bits per heavy atom. The van der Waals surface area contributed by atoms with Gasteiger partial charge < -0.3 is 14.8 Å². The van der Waals surface area contributed by atoms with Crippen LogP contribution in [-0.4, -0.2) is 46.6 Å². The summed E-state index contributed by atoms with van der Waals surface area (Å²) in [6, 6.07) is 7.94. The smallest absolute Gasteiger partial charge is 0.423 e. The second kappa shape index (κ2) is 9.59. The molecule has 0 spiro atoms. The number of benzene rings is 2. The van der Waals surface area contributed by atoms with Gasteiger partial charge in [-0.2, -0.15) is 0 Å². The van der Waals surface area contributed by atoms with E-state index in [9.17, 15) is 24.0 Å². The number of hydrogen-bond acceptors (Lipinski definition) is 5. The van der Waals surface area contributed by atoms with Gasteiger partial charge in [-0.15, -0.1) is 0 Å². The Balaban J connectivity index is 2.44. The van der Waals surface area contributed by atoms with E-state index < -0.39 is 41.3 Å². The molecule has 0 fully saturated rings. The van der Waals surface area contributed by atoms with Crippen LogP contribution in [0.3, 0.4) is 0 Å². The average molecular weight is 430 g/mol. The minimum absolute atomic E-state index is 0.0644. The zero-order valence-electron chi connectivity index (χ0n) is 18.6. The molecule has 0 heterocycles. The molecule has 2 aromatic carbocycles. The number of rotatable bonds is 5. The van der Waals surface area contributed by atoms with Crippen molar-refractivity contribution < 1.29 is 28.8 Å². The molecule has 2 rings (SSSR count). The summed E-state index contributed by atoms with van der Waals surface area (Å²) in [4.78, 5) is 26.1. The van der Waals surface area contributed by atoms with Gasteiger partial charge in [-0.3, -0.25) is 15.0 Å². The molecular formula is C22H28BFN2O5. The third-order valence-electron chi connectivity index (χ3n) is 4.63. The van der Waals surface area contributed by atoms with Crippen LogP contribution in [0.2, 0.25) is 0 Å². The van der Waals surface area contributed by atoms with E-state index in [0.717, 1.165) is 16.1 Å². The molecular weight excluding hydrogens is 402 g/mol. The molecule has 7 nitrogen and oxygen atoms in total. The van der Waals surface area contributed by atoms with Crippen LogP contribution in [0, 0.1) is 19.7 Å². The lowest BCUT2D eigenvalue weighted by Gasteiger charge is -2.35. The van der Waals surface area contributed by atoms with E-state index in [1.54, 1.807) is 32.9 Å². The van der Waals surface area contributed by atoms with Crippen LogP contribution in [0.25, 0.3) is 0 Å². The molecule has 0 radical (unpaired) electrons. The van der Waals surface area contributed by atoms with Crippen molar-refractivity contribution in [3.8, 4) is 0 Å². The van der Waals surface area contributed by atoms with Gasteiger partial charge in [0.2, 0.25) is 0 Å². The highest BCUT2D eigenvalue weighted by Gasteiger charge is 2.32. The van der Waals surface area contributed by atoms with Gasteiger partial charge in [0, 0.05) is 18.1 Å². The minimum Gasteiger partial charge on any atom is -0.423 e. The molecule has 0 aliphatic rings. The number of methoxy groups -OCH3 is 1. The second-order valence-corrected chi connectivity index (χ2v) is 8.44. The molecule has 166 valence electrons. The predicted octanol–water partition coefficient (Wildman–Crippen LogP) is 1.85. The largest absolute Gasteiger partial charge is 0.491 e. The molecule has 3 N–H and O–H groups in total. The van der Waals surface area contributed by atoms with Crippen molar-refractivity contribution in [1.29, 1.82) is 0 Å². The topological polar surface area (TPSA) is 99.1 Å². The number of nitrogens with one attached hydrogen (secondary N) is 1. The summed E-state index contributed by atoms with van der Waals surface area (Å²) >= 11 is 0. The van der Waals surface area contributed by atoms with Gasteiger partial charge in [0.15, 0.2) is 0 Å². The molecule has 0 aromatic heterocycles. The van der Waals surface area contributed by atoms with E-state index in [2.05, 4.69) is 5.43 Å². The molecule has 2 amide bonds. The molecule has 0 aliphatic carbocycles. The highest BCUT2D eigenvalue weighted by Crippen LogP contribution is 2.19. The number of amides is 2. The molecule has 0 atom stereocenters. The van der Waals surface area contributed by atoms with Gasteiger partial charge >= 0.3 is 7.12 Å². The number of halogens is 1. The van der Waals surface area contributed by atoms with Crippen molar-refractivity contribution >= 4 is 24.4 Å². The van der Waals surface area contributed by atoms with Gasteiger partial charge in [0.1, 0.15) is 5.82 Å². The molecule has 0 saturated heterocycles. The van der Waals surface area contributed by atoms with Crippen LogP contribution in [-0.2, 0) is 11.3 Å². The van der Waals surface area contributed by atoms with Crippen LogP contribution in [0.15, 0.2) is 30.3 Å². The first kappa shape index (κ1) is 24.5. The first-order valence-corrected chi connectivity index (χ1v) is 9.77. The second-order valence-electron chi connectivity index (χ2n) is 8.44.